The molecule has 3 aromatic heterocycles. The largest absolute Gasteiger partial charge is 0.493 e. The second kappa shape index (κ2) is 8.93. The van der Waals surface area contributed by atoms with Crippen LogP contribution in [0, 0.1) is 20.8 Å². The van der Waals surface area contributed by atoms with E-state index in [1.807, 2.05) is 57.3 Å². The fourth-order valence-electron chi connectivity index (χ4n) is 3.16. The zero-order valence-electron chi connectivity index (χ0n) is 18.7. The van der Waals surface area contributed by atoms with Gasteiger partial charge in [0.15, 0.2) is 17.3 Å². The maximum absolute atomic E-state index is 5.36. The van der Waals surface area contributed by atoms with Crippen molar-refractivity contribution >= 4 is 23.3 Å². The quantitative estimate of drug-likeness (QED) is 0.442. The van der Waals surface area contributed by atoms with E-state index in [9.17, 15) is 0 Å². The zero-order chi connectivity index (χ0) is 22.7. The highest BCUT2D eigenvalue weighted by molar-refractivity contribution is 5.63. The molecule has 0 unspecified atom stereocenters. The van der Waals surface area contributed by atoms with E-state index in [4.69, 9.17) is 9.47 Å². The molecule has 4 aromatic rings. The van der Waals surface area contributed by atoms with Crippen LogP contribution < -0.4 is 20.1 Å². The summed E-state index contributed by atoms with van der Waals surface area (Å²) in [6.07, 6.45) is 3.51. The molecule has 0 atom stereocenters. The molecular formula is C23H25N7O2. The smallest absolute Gasteiger partial charge is 0.229 e. The SMILES string of the molecule is COc1ccc(Nc2nccc(Nc3c(C)c(C)nn3-c3ccc(C)cn3)n2)cc1OC. The number of rotatable bonds is 7. The molecule has 164 valence electrons. The minimum absolute atomic E-state index is 0.441. The van der Waals surface area contributed by atoms with Crippen molar-refractivity contribution in [2.45, 2.75) is 20.8 Å². The maximum atomic E-state index is 5.36. The first-order chi connectivity index (χ1) is 15.5. The molecule has 0 aliphatic carbocycles. The van der Waals surface area contributed by atoms with Gasteiger partial charge in [-0.05, 0) is 50.6 Å². The first-order valence-electron chi connectivity index (χ1n) is 10.1. The average molecular weight is 432 g/mol. The number of ether oxygens (including phenoxy) is 2. The highest BCUT2D eigenvalue weighted by atomic mass is 16.5. The second-order valence-electron chi connectivity index (χ2n) is 7.25. The summed E-state index contributed by atoms with van der Waals surface area (Å²) in [5.74, 6) is 3.86. The van der Waals surface area contributed by atoms with E-state index in [-0.39, 0.29) is 0 Å². The Bertz CT molecular complexity index is 1240. The van der Waals surface area contributed by atoms with Crippen LogP contribution in [-0.2, 0) is 0 Å². The molecule has 0 aliphatic rings. The van der Waals surface area contributed by atoms with Crippen LogP contribution >= 0.6 is 0 Å². The highest BCUT2D eigenvalue weighted by Crippen LogP contribution is 2.31. The van der Waals surface area contributed by atoms with Crippen molar-refractivity contribution in [2.75, 3.05) is 24.9 Å². The summed E-state index contributed by atoms with van der Waals surface area (Å²) < 4.78 is 12.4. The molecule has 0 bridgehead atoms. The third kappa shape index (κ3) is 4.31. The molecule has 9 nitrogen and oxygen atoms in total. The number of benzene rings is 1. The van der Waals surface area contributed by atoms with Crippen molar-refractivity contribution in [2.24, 2.45) is 0 Å². The van der Waals surface area contributed by atoms with Crippen LogP contribution in [0.4, 0.5) is 23.3 Å². The number of nitrogens with one attached hydrogen (secondary N) is 2. The predicted octanol–water partition coefficient (Wildman–Crippen LogP) is 4.49. The van der Waals surface area contributed by atoms with Crippen molar-refractivity contribution in [3.8, 4) is 17.3 Å². The monoisotopic (exact) mass is 431 g/mol. The van der Waals surface area contributed by atoms with Gasteiger partial charge < -0.3 is 20.1 Å². The molecular weight excluding hydrogens is 406 g/mol. The normalized spacial score (nSPS) is 10.7. The van der Waals surface area contributed by atoms with Crippen LogP contribution in [0.3, 0.4) is 0 Å². The van der Waals surface area contributed by atoms with Crippen molar-refractivity contribution in [3.63, 3.8) is 0 Å². The number of methoxy groups -OCH3 is 2. The fraction of sp³-hybridized carbons (Fsp3) is 0.217. The summed E-state index contributed by atoms with van der Waals surface area (Å²) in [7, 11) is 3.20. The average Bonchev–Trinajstić information content (AvgIpc) is 3.08. The number of hydrogen-bond donors (Lipinski definition) is 2. The lowest BCUT2D eigenvalue weighted by atomic mass is 10.2. The molecule has 3 heterocycles. The lowest BCUT2D eigenvalue weighted by Gasteiger charge is -2.12. The molecule has 9 heteroatoms. The topological polar surface area (TPSA) is 99.0 Å². The Morgan fingerprint density at radius 1 is 0.875 bits per heavy atom. The van der Waals surface area contributed by atoms with E-state index in [1.165, 1.54) is 0 Å². The van der Waals surface area contributed by atoms with E-state index >= 15 is 0 Å². The van der Waals surface area contributed by atoms with Crippen LogP contribution in [0.2, 0.25) is 0 Å². The van der Waals surface area contributed by atoms with Gasteiger partial charge in [0, 0.05) is 29.7 Å². The van der Waals surface area contributed by atoms with E-state index in [0.717, 1.165) is 34.1 Å². The minimum atomic E-state index is 0.441. The molecule has 32 heavy (non-hydrogen) atoms. The Kier molecular flexibility index (Phi) is 5.89. The number of pyridine rings is 1. The first kappa shape index (κ1) is 21.1. The summed E-state index contributed by atoms with van der Waals surface area (Å²) in [5.41, 5.74) is 3.79. The lowest BCUT2D eigenvalue weighted by Crippen LogP contribution is -2.07. The van der Waals surface area contributed by atoms with Crippen LogP contribution in [-0.4, -0.2) is 39.0 Å². The number of nitrogens with zero attached hydrogens (tertiary/aromatic N) is 5. The van der Waals surface area contributed by atoms with E-state index in [1.54, 1.807) is 31.2 Å². The fourth-order valence-corrected chi connectivity index (χ4v) is 3.16. The Morgan fingerprint density at radius 2 is 1.69 bits per heavy atom. The summed E-state index contributed by atoms with van der Waals surface area (Å²) in [6.45, 7) is 5.98. The van der Waals surface area contributed by atoms with Crippen molar-refractivity contribution in [1.82, 2.24) is 24.7 Å². The third-order valence-electron chi connectivity index (χ3n) is 5.01. The van der Waals surface area contributed by atoms with Crippen molar-refractivity contribution < 1.29 is 9.47 Å². The standard InChI is InChI=1S/C23H25N7O2/c1-14-6-9-21(25-13-14)30-22(15(2)16(3)29-30)27-20-10-11-24-23(28-20)26-17-7-8-18(31-4)19(12-17)32-5/h6-13H,1-5H3,(H2,24,26,27,28). The molecule has 0 saturated heterocycles. The number of aryl methyl sites for hydroxylation is 2. The molecule has 0 spiro atoms. The van der Waals surface area contributed by atoms with Gasteiger partial charge >= 0.3 is 0 Å². The molecule has 0 fully saturated rings. The number of hydrogen-bond acceptors (Lipinski definition) is 8. The molecule has 0 radical (unpaired) electrons. The Hall–Kier alpha value is -4.14. The van der Waals surface area contributed by atoms with Crippen molar-refractivity contribution in [1.29, 1.82) is 0 Å². The van der Waals surface area contributed by atoms with Gasteiger partial charge in [0.1, 0.15) is 11.6 Å². The third-order valence-corrected chi connectivity index (χ3v) is 5.01. The molecule has 1 aromatic carbocycles. The lowest BCUT2D eigenvalue weighted by molar-refractivity contribution is 0.355. The molecule has 0 amide bonds. The Balaban J connectivity index is 1.61. The summed E-state index contributed by atoms with van der Waals surface area (Å²) in [4.78, 5) is 13.4. The molecule has 0 saturated carbocycles. The number of aromatic nitrogens is 5. The second-order valence-corrected chi connectivity index (χ2v) is 7.25. The van der Waals surface area contributed by atoms with Gasteiger partial charge in [-0.1, -0.05) is 6.07 Å². The molecule has 0 aliphatic heterocycles. The van der Waals surface area contributed by atoms with Gasteiger partial charge in [0.2, 0.25) is 5.95 Å². The van der Waals surface area contributed by atoms with Gasteiger partial charge in [-0.3, -0.25) is 0 Å². The Morgan fingerprint density at radius 3 is 2.41 bits per heavy atom. The minimum Gasteiger partial charge on any atom is -0.493 e. The Labute approximate surface area is 186 Å². The van der Waals surface area contributed by atoms with Gasteiger partial charge in [-0.2, -0.15) is 14.8 Å². The summed E-state index contributed by atoms with van der Waals surface area (Å²) >= 11 is 0. The van der Waals surface area contributed by atoms with Gasteiger partial charge in [0.05, 0.1) is 19.9 Å². The molecule has 2 N–H and O–H groups in total. The highest BCUT2D eigenvalue weighted by Gasteiger charge is 2.15. The van der Waals surface area contributed by atoms with Crippen molar-refractivity contribution in [3.05, 3.63) is 65.6 Å². The first-order valence-corrected chi connectivity index (χ1v) is 10.1. The van der Waals surface area contributed by atoms with Gasteiger partial charge in [-0.15, -0.1) is 0 Å². The van der Waals surface area contributed by atoms with Gasteiger partial charge in [-0.25, -0.2) is 9.97 Å². The van der Waals surface area contributed by atoms with E-state index in [2.05, 4.69) is 30.7 Å². The van der Waals surface area contributed by atoms with E-state index in [0.29, 0.717) is 23.3 Å². The van der Waals surface area contributed by atoms with Crippen LogP contribution in [0.1, 0.15) is 16.8 Å². The van der Waals surface area contributed by atoms with Crippen LogP contribution in [0.5, 0.6) is 11.5 Å². The summed E-state index contributed by atoms with van der Waals surface area (Å²) in [5, 5.41) is 11.2. The number of anilines is 4. The maximum Gasteiger partial charge on any atom is 0.229 e. The predicted molar refractivity (Wildman–Crippen MR) is 124 cm³/mol. The van der Waals surface area contributed by atoms with Crippen LogP contribution in [0.15, 0.2) is 48.8 Å². The summed E-state index contributed by atoms with van der Waals surface area (Å²) in [6, 6.07) is 11.3. The van der Waals surface area contributed by atoms with Gasteiger partial charge in [0.25, 0.3) is 0 Å². The zero-order valence-corrected chi connectivity index (χ0v) is 18.7. The van der Waals surface area contributed by atoms with E-state index < -0.39 is 0 Å². The molecule has 4 rings (SSSR count). The van der Waals surface area contributed by atoms with Crippen LogP contribution in [0.25, 0.3) is 5.82 Å².